The van der Waals surface area contributed by atoms with Crippen LogP contribution in [0, 0.1) is 5.92 Å². The van der Waals surface area contributed by atoms with E-state index in [9.17, 15) is 14.4 Å². The number of likely N-dealkylation sites (tertiary alicyclic amines) is 1. The summed E-state index contributed by atoms with van der Waals surface area (Å²) in [6.07, 6.45) is 1.53. The molecule has 1 aliphatic rings. The molecule has 0 radical (unpaired) electrons. The summed E-state index contributed by atoms with van der Waals surface area (Å²) in [7, 11) is 1.22. The van der Waals surface area contributed by atoms with Crippen LogP contribution in [-0.2, 0) is 14.3 Å². The van der Waals surface area contributed by atoms with E-state index >= 15 is 0 Å². The molecule has 3 N–H and O–H groups in total. The maximum atomic E-state index is 12.0. The standard InChI is InChI=1S/C13H22N2O6/c1-21-11(17)5-4-10(12(18)19)14-13(20)15-6-2-3-9(7-15)8-16/h9-10,16H,2-8H2,1H3,(H,14,20)(H,18,19)/t9?,10-/m1/s1. The van der Waals surface area contributed by atoms with Gasteiger partial charge in [0.1, 0.15) is 6.04 Å². The number of piperidine rings is 1. The molecule has 0 aromatic heterocycles. The Bertz CT molecular complexity index is 387. The Balaban J connectivity index is 2.51. The first-order chi connectivity index (χ1) is 9.97. The summed E-state index contributed by atoms with van der Waals surface area (Å²) in [5.41, 5.74) is 0. The number of hydrogen-bond acceptors (Lipinski definition) is 5. The van der Waals surface area contributed by atoms with E-state index in [-0.39, 0.29) is 25.4 Å². The molecule has 8 heteroatoms. The van der Waals surface area contributed by atoms with Gasteiger partial charge in [-0.1, -0.05) is 0 Å². The highest BCUT2D eigenvalue weighted by Gasteiger charge is 2.27. The maximum absolute atomic E-state index is 12.0. The molecule has 1 fully saturated rings. The SMILES string of the molecule is COC(=O)CC[C@@H](NC(=O)N1CCCC(CO)C1)C(=O)O. The van der Waals surface area contributed by atoms with Gasteiger partial charge in [-0.3, -0.25) is 4.79 Å². The molecular formula is C13H22N2O6. The third kappa shape index (κ3) is 5.58. The number of carbonyl (C=O) groups is 3. The highest BCUT2D eigenvalue weighted by Crippen LogP contribution is 2.16. The van der Waals surface area contributed by atoms with Gasteiger partial charge in [0.2, 0.25) is 0 Å². The fraction of sp³-hybridized carbons (Fsp3) is 0.769. The molecule has 120 valence electrons. The van der Waals surface area contributed by atoms with Crippen molar-refractivity contribution in [3.63, 3.8) is 0 Å². The molecule has 21 heavy (non-hydrogen) atoms. The second-order valence-corrected chi connectivity index (χ2v) is 5.09. The number of nitrogens with one attached hydrogen (secondary N) is 1. The number of hydrogen-bond donors (Lipinski definition) is 3. The average molecular weight is 302 g/mol. The molecule has 0 aliphatic carbocycles. The summed E-state index contributed by atoms with van der Waals surface area (Å²) in [5, 5.41) is 20.6. The molecule has 1 unspecified atom stereocenters. The third-order valence-corrected chi connectivity index (χ3v) is 3.53. The van der Waals surface area contributed by atoms with Crippen molar-refractivity contribution in [3.05, 3.63) is 0 Å². The first kappa shape index (κ1) is 17.2. The van der Waals surface area contributed by atoms with Crippen LogP contribution >= 0.6 is 0 Å². The number of nitrogens with zero attached hydrogens (tertiary/aromatic N) is 1. The summed E-state index contributed by atoms with van der Waals surface area (Å²) in [6.45, 7) is 0.950. The smallest absolute Gasteiger partial charge is 0.326 e. The third-order valence-electron chi connectivity index (χ3n) is 3.53. The Labute approximate surface area is 123 Å². The number of carboxylic acid groups (broad SMARTS) is 1. The zero-order chi connectivity index (χ0) is 15.8. The first-order valence-electron chi connectivity index (χ1n) is 6.93. The van der Waals surface area contributed by atoms with Gasteiger partial charge in [-0.25, -0.2) is 9.59 Å². The van der Waals surface area contributed by atoms with Gasteiger partial charge in [0, 0.05) is 26.1 Å². The molecule has 0 spiro atoms. The molecule has 8 nitrogen and oxygen atoms in total. The number of carboxylic acids is 1. The molecule has 2 amide bonds. The van der Waals surface area contributed by atoms with E-state index in [4.69, 9.17) is 10.2 Å². The van der Waals surface area contributed by atoms with E-state index < -0.39 is 24.0 Å². The molecule has 1 saturated heterocycles. The minimum Gasteiger partial charge on any atom is -0.480 e. The van der Waals surface area contributed by atoms with E-state index in [1.807, 2.05) is 0 Å². The summed E-state index contributed by atoms with van der Waals surface area (Å²) in [4.78, 5) is 35.7. The normalized spacial score (nSPS) is 19.7. The Morgan fingerprint density at radius 3 is 2.71 bits per heavy atom. The predicted octanol–water partition coefficient (Wildman–Crippen LogP) is -0.193. The number of methoxy groups -OCH3 is 1. The minimum atomic E-state index is -1.19. The van der Waals surface area contributed by atoms with Crippen LogP contribution in [-0.4, -0.2) is 65.9 Å². The van der Waals surface area contributed by atoms with Gasteiger partial charge in [0.05, 0.1) is 7.11 Å². The van der Waals surface area contributed by atoms with Crippen molar-refractivity contribution in [1.82, 2.24) is 10.2 Å². The lowest BCUT2D eigenvalue weighted by molar-refractivity contribution is -0.142. The number of amides is 2. The van der Waals surface area contributed by atoms with E-state index in [2.05, 4.69) is 10.1 Å². The van der Waals surface area contributed by atoms with Crippen molar-refractivity contribution in [2.24, 2.45) is 5.92 Å². The van der Waals surface area contributed by atoms with Crippen molar-refractivity contribution in [2.45, 2.75) is 31.7 Å². The highest BCUT2D eigenvalue weighted by atomic mass is 16.5. The predicted molar refractivity (Wildman–Crippen MR) is 72.6 cm³/mol. The van der Waals surface area contributed by atoms with Crippen molar-refractivity contribution < 1.29 is 29.3 Å². The number of aliphatic hydroxyl groups is 1. The van der Waals surface area contributed by atoms with Crippen LogP contribution < -0.4 is 5.32 Å². The molecule has 1 rings (SSSR count). The van der Waals surface area contributed by atoms with E-state index in [0.29, 0.717) is 13.1 Å². The van der Waals surface area contributed by atoms with Gasteiger partial charge in [-0.2, -0.15) is 0 Å². The van der Waals surface area contributed by atoms with Crippen LogP contribution in [0.2, 0.25) is 0 Å². The molecule has 1 aliphatic heterocycles. The number of rotatable bonds is 6. The van der Waals surface area contributed by atoms with Crippen molar-refractivity contribution >= 4 is 18.0 Å². The second-order valence-electron chi connectivity index (χ2n) is 5.09. The summed E-state index contributed by atoms with van der Waals surface area (Å²) in [5.74, 6) is -1.68. The van der Waals surface area contributed by atoms with Crippen molar-refractivity contribution in [1.29, 1.82) is 0 Å². The fourth-order valence-corrected chi connectivity index (χ4v) is 2.26. The maximum Gasteiger partial charge on any atom is 0.326 e. The van der Waals surface area contributed by atoms with E-state index in [1.165, 1.54) is 12.0 Å². The number of esters is 1. The lowest BCUT2D eigenvalue weighted by Crippen LogP contribution is -2.51. The number of urea groups is 1. The molecule has 0 bridgehead atoms. The van der Waals surface area contributed by atoms with Gasteiger partial charge in [0.25, 0.3) is 0 Å². The lowest BCUT2D eigenvalue weighted by Gasteiger charge is -2.32. The van der Waals surface area contributed by atoms with Gasteiger partial charge in [-0.15, -0.1) is 0 Å². The number of aliphatic carboxylic acids is 1. The fourth-order valence-electron chi connectivity index (χ4n) is 2.26. The van der Waals surface area contributed by atoms with Crippen LogP contribution in [0.3, 0.4) is 0 Å². The van der Waals surface area contributed by atoms with Crippen LogP contribution in [0.1, 0.15) is 25.7 Å². The number of ether oxygens (including phenoxy) is 1. The Hall–Kier alpha value is -1.83. The van der Waals surface area contributed by atoms with Crippen LogP contribution in [0.5, 0.6) is 0 Å². The van der Waals surface area contributed by atoms with Crippen LogP contribution in [0.25, 0.3) is 0 Å². The minimum absolute atomic E-state index is 0.00841. The van der Waals surface area contributed by atoms with Gasteiger partial charge in [0.15, 0.2) is 0 Å². The zero-order valence-electron chi connectivity index (χ0n) is 12.1. The highest BCUT2D eigenvalue weighted by molar-refractivity contribution is 5.83. The zero-order valence-corrected chi connectivity index (χ0v) is 12.1. The van der Waals surface area contributed by atoms with E-state index in [0.717, 1.165) is 12.8 Å². The number of aliphatic hydroxyl groups excluding tert-OH is 1. The topological polar surface area (TPSA) is 116 Å². The largest absolute Gasteiger partial charge is 0.480 e. The van der Waals surface area contributed by atoms with Crippen LogP contribution in [0.4, 0.5) is 4.79 Å². The lowest BCUT2D eigenvalue weighted by atomic mass is 9.99. The summed E-state index contributed by atoms with van der Waals surface area (Å²) in [6, 6.07) is -1.61. The molecule has 0 aromatic rings. The van der Waals surface area contributed by atoms with Gasteiger partial charge < -0.3 is 25.2 Å². The quantitative estimate of drug-likeness (QED) is 0.585. The molecular weight excluding hydrogens is 280 g/mol. The second kappa shape index (κ2) is 8.46. The Kier molecular flexibility index (Phi) is 6.93. The van der Waals surface area contributed by atoms with Crippen LogP contribution in [0.15, 0.2) is 0 Å². The van der Waals surface area contributed by atoms with Gasteiger partial charge >= 0.3 is 18.0 Å². The Morgan fingerprint density at radius 1 is 1.43 bits per heavy atom. The molecule has 0 saturated carbocycles. The molecule has 1 heterocycles. The number of carbonyl (C=O) groups excluding carboxylic acids is 2. The first-order valence-corrected chi connectivity index (χ1v) is 6.93. The summed E-state index contributed by atoms with van der Waals surface area (Å²) >= 11 is 0. The average Bonchev–Trinajstić information content (AvgIpc) is 2.50. The van der Waals surface area contributed by atoms with Crippen molar-refractivity contribution in [3.8, 4) is 0 Å². The van der Waals surface area contributed by atoms with Gasteiger partial charge in [-0.05, 0) is 25.2 Å². The Morgan fingerprint density at radius 2 is 2.14 bits per heavy atom. The summed E-state index contributed by atoms with van der Waals surface area (Å²) < 4.78 is 4.45. The van der Waals surface area contributed by atoms with Crippen molar-refractivity contribution in [2.75, 3.05) is 26.8 Å². The monoisotopic (exact) mass is 302 g/mol. The molecule has 0 aromatic carbocycles. The molecule has 2 atom stereocenters. The van der Waals surface area contributed by atoms with E-state index in [1.54, 1.807) is 0 Å².